The lowest BCUT2D eigenvalue weighted by Crippen LogP contribution is -2.00. The van der Waals surface area contributed by atoms with Crippen LogP contribution in [0.3, 0.4) is 0 Å². The Morgan fingerprint density at radius 3 is 2.53 bits per heavy atom. The second-order valence-electron chi connectivity index (χ2n) is 3.56. The zero-order chi connectivity index (χ0) is 11.3. The minimum absolute atomic E-state index is 0.199. The molecule has 0 aliphatic carbocycles. The smallest absolute Gasteiger partial charge is 0.258 e. The molecule has 1 unspecified atom stereocenters. The SMILES string of the molecule is CCC(C)C=C(c1ccccc1)[N+](=O)[O-]. The predicted octanol–water partition coefficient (Wildman–Crippen LogP) is 3.35. The van der Waals surface area contributed by atoms with Gasteiger partial charge in [0, 0.05) is 0 Å². The summed E-state index contributed by atoms with van der Waals surface area (Å²) >= 11 is 0. The van der Waals surface area contributed by atoms with Crippen LogP contribution in [0.2, 0.25) is 0 Å². The Kier molecular flexibility index (Phi) is 4.03. The van der Waals surface area contributed by atoms with E-state index in [-0.39, 0.29) is 16.5 Å². The number of benzene rings is 1. The zero-order valence-electron chi connectivity index (χ0n) is 9.01. The Bertz CT molecular complexity index is 357. The molecule has 1 aromatic rings. The average Bonchev–Trinajstić information content (AvgIpc) is 2.26. The van der Waals surface area contributed by atoms with Crippen molar-refractivity contribution >= 4 is 5.70 Å². The summed E-state index contributed by atoms with van der Waals surface area (Å²) in [5.74, 6) is 0.227. The molecule has 0 saturated carbocycles. The van der Waals surface area contributed by atoms with Crippen LogP contribution in [0.4, 0.5) is 0 Å². The number of hydrogen-bond acceptors (Lipinski definition) is 2. The van der Waals surface area contributed by atoms with Crippen molar-refractivity contribution in [3.63, 3.8) is 0 Å². The first-order chi connectivity index (χ1) is 7.15. The second-order valence-corrected chi connectivity index (χ2v) is 3.56. The summed E-state index contributed by atoms with van der Waals surface area (Å²) < 4.78 is 0. The van der Waals surface area contributed by atoms with Gasteiger partial charge in [-0.1, -0.05) is 32.0 Å². The molecule has 1 aromatic carbocycles. The maximum Gasteiger partial charge on any atom is 0.272 e. The van der Waals surface area contributed by atoms with E-state index in [2.05, 4.69) is 0 Å². The molecular weight excluding hydrogens is 190 g/mol. The number of rotatable bonds is 4. The van der Waals surface area contributed by atoms with E-state index in [9.17, 15) is 10.1 Å². The third-order valence-electron chi connectivity index (χ3n) is 2.35. The van der Waals surface area contributed by atoms with Crippen LogP contribution in [0, 0.1) is 16.0 Å². The summed E-state index contributed by atoms with van der Waals surface area (Å²) in [5.41, 5.74) is 0.868. The molecule has 0 radical (unpaired) electrons. The highest BCUT2D eigenvalue weighted by Crippen LogP contribution is 2.18. The molecule has 3 nitrogen and oxygen atoms in total. The zero-order valence-corrected chi connectivity index (χ0v) is 9.01. The van der Waals surface area contributed by atoms with Crippen molar-refractivity contribution in [2.24, 2.45) is 5.92 Å². The summed E-state index contributed by atoms with van der Waals surface area (Å²) in [6.07, 6.45) is 2.62. The Labute approximate surface area is 89.6 Å². The van der Waals surface area contributed by atoms with E-state index in [0.717, 1.165) is 6.42 Å². The third kappa shape index (κ3) is 3.20. The van der Waals surface area contributed by atoms with Crippen LogP contribution in [0.1, 0.15) is 25.8 Å². The molecule has 0 saturated heterocycles. The molecule has 0 heterocycles. The molecule has 15 heavy (non-hydrogen) atoms. The lowest BCUT2D eigenvalue weighted by molar-refractivity contribution is -0.375. The second kappa shape index (κ2) is 5.29. The molecular formula is C12H15NO2. The van der Waals surface area contributed by atoms with Crippen molar-refractivity contribution < 1.29 is 4.92 Å². The molecule has 1 rings (SSSR count). The van der Waals surface area contributed by atoms with E-state index < -0.39 is 0 Å². The maximum atomic E-state index is 10.9. The van der Waals surface area contributed by atoms with Crippen LogP contribution < -0.4 is 0 Å². The Hall–Kier alpha value is -1.64. The van der Waals surface area contributed by atoms with Crippen molar-refractivity contribution in [3.05, 3.63) is 52.1 Å². The van der Waals surface area contributed by atoms with E-state index >= 15 is 0 Å². The average molecular weight is 205 g/mol. The van der Waals surface area contributed by atoms with Crippen molar-refractivity contribution in [3.8, 4) is 0 Å². The van der Waals surface area contributed by atoms with Crippen molar-refractivity contribution in [2.75, 3.05) is 0 Å². The van der Waals surface area contributed by atoms with Gasteiger partial charge in [0.25, 0.3) is 5.70 Å². The third-order valence-corrected chi connectivity index (χ3v) is 2.35. The minimum Gasteiger partial charge on any atom is -0.258 e. The highest BCUT2D eigenvalue weighted by molar-refractivity contribution is 5.58. The molecule has 0 N–H and O–H groups in total. The van der Waals surface area contributed by atoms with Gasteiger partial charge in [0.2, 0.25) is 0 Å². The summed E-state index contributed by atoms with van der Waals surface area (Å²) in [4.78, 5) is 10.6. The van der Waals surface area contributed by atoms with Gasteiger partial charge in [-0.2, -0.15) is 0 Å². The lowest BCUT2D eigenvalue weighted by Gasteiger charge is -2.02. The van der Waals surface area contributed by atoms with Gasteiger partial charge < -0.3 is 0 Å². The van der Waals surface area contributed by atoms with E-state index in [4.69, 9.17) is 0 Å². The van der Waals surface area contributed by atoms with Crippen LogP contribution in [0.15, 0.2) is 36.4 Å². The van der Waals surface area contributed by atoms with Crippen LogP contribution in [0.25, 0.3) is 5.70 Å². The molecule has 0 amide bonds. The lowest BCUT2D eigenvalue weighted by atomic mass is 10.0. The minimum atomic E-state index is -0.318. The van der Waals surface area contributed by atoms with Gasteiger partial charge in [-0.05, 0) is 30.5 Å². The maximum absolute atomic E-state index is 10.9. The van der Waals surface area contributed by atoms with E-state index in [1.54, 1.807) is 18.2 Å². The van der Waals surface area contributed by atoms with Gasteiger partial charge in [0.05, 0.1) is 10.5 Å². The largest absolute Gasteiger partial charge is 0.272 e. The Morgan fingerprint density at radius 2 is 2.07 bits per heavy atom. The highest BCUT2D eigenvalue weighted by Gasteiger charge is 2.14. The van der Waals surface area contributed by atoms with E-state index in [0.29, 0.717) is 5.56 Å². The summed E-state index contributed by atoms with van der Waals surface area (Å²) in [5, 5.41) is 10.9. The number of allylic oxidation sites excluding steroid dienone is 1. The van der Waals surface area contributed by atoms with Crippen LogP contribution >= 0.6 is 0 Å². The summed E-state index contributed by atoms with van der Waals surface area (Å²) in [6.45, 7) is 4.00. The fourth-order valence-electron chi connectivity index (χ4n) is 1.26. The number of nitro groups is 1. The Balaban J connectivity index is 3.04. The van der Waals surface area contributed by atoms with Crippen LogP contribution in [-0.2, 0) is 0 Å². The fourth-order valence-corrected chi connectivity index (χ4v) is 1.26. The topological polar surface area (TPSA) is 43.1 Å². The Morgan fingerprint density at radius 1 is 1.47 bits per heavy atom. The van der Waals surface area contributed by atoms with E-state index in [1.165, 1.54) is 0 Å². The molecule has 0 fully saturated rings. The summed E-state index contributed by atoms with van der Waals surface area (Å²) in [7, 11) is 0. The first-order valence-electron chi connectivity index (χ1n) is 5.06. The first kappa shape index (κ1) is 11.4. The molecule has 80 valence electrons. The molecule has 0 aliphatic rings. The van der Waals surface area contributed by atoms with Crippen LogP contribution in [0.5, 0.6) is 0 Å². The first-order valence-corrected chi connectivity index (χ1v) is 5.06. The van der Waals surface area contributed by atoms with Crippen LogP contribution in [-0.4, -0.2) is 4.92 Å². The van der Waals surface area contributed by atoms with Gasteiger partial charge in [-0.3, -0.25) is 10.1 Å². The normalized spacial score (nSPS) is 13.6. The summed E-state index contributed by atoms with van der Waals surface area (Å²) in [6, 6.07) is 8.99. The van der Waals surface area contributed by atoms with Gasteiger partial charge in [0.1, 0.15) is 0 Å². The van der Waals surface area contributed by atoms with Gasteiger partial charge >= 0.3 is 0 Å². The van der Waals surface area contributed by atoms with Crippen molar-refractivity contribution in [1.29, 1.82) is 0 Å². The van der Waals surface area contributed by atoms with Crippen molar-refractivity contribution in [1.82, 2.24) is 0 Å². The quantitative estimate of drug-likeness (QED) is 0.558. The molecule has 3 heteroatoms. The molecule has 0 aromatic heterocycles. The van der Waals surface area contributed by atoms with Crippen molar-refractivity contribution in [2.45, 2.75) is 20.3 Å². The standard InChI is InChI=1S/C12H15NO2/c1-3-10(2)9-12(13(14)15)11-7-5-4-6-8-11/h4-10H,3H2,1-2H3. The molecule has 0 aliphatic heterocycles. The molecule has 0 spiro atoms. The van der Waals surface area contributed by atoms with Gasteiger partial charge in [-0.15, -0.1) is 0 Å². The highest BCUT2D eigenvalue weighted by atomic mass is 16.6. The molecule has 1 atom stereocenters. The molecule has 0 bridgehead atoms. The van der Waals surface area contributed by atoms with E-state index in [1.807, 2.05) is 32.0 Å². The number of nitrogens with zero attached hydrogens (tertiary/aromatic N) is 1. The predicted molar refractivity (Wildman–Crippen MR) is 60.9 cm³/mol. The fraction of sp³-hybridized carbons (Fsp3) is 0.333. The van der Waals surface area contributed by atoms with Gasteiger partial charge in [0.15, 0.2) is 0 Å². The van der Waals surface area contributed by atoms with Gasteiger partial charge in [-0.25, -0.2) is 0 Å². The number of hydrogen-bond donors (Lipinski definition) is 0. The monoisotopic (exact) mass is 205 g/mol.